The largest absolute Gasteiger partial charge is 0.319 e. The van der Waals surface area contributed by atoms with Gasteiger partial charge in [-0.3, -0.25) is 4.90 Å². The van der Waals surface area contributed by atoms with Crippen molar-refractivity contribution >= 4 is 0 Å². The van der Waals surface area contributed by atoms with Crippen LogP contribution in [0.1, 0.15) is 57.6 Å². The maximum absolute atomic E-state index is 3.30. The quantitative estimate of drug-likeness (QED) is 0.871. The van der Waals surface area contributed by atoms with E-state index in [1.165, 1.54) is 43.6 Å². The van der Waals surface area contributed by atoms with Gasteiger partial charge in [0, 0.05) is 6.54 Å². The van der Waals surface area contributed by atoms with E-state index in [2.05, 4.69) is 55.4 Å². The molecule has 1 aliphatic rings. The number of hydrogen-bond acceptors (Lipinski definition) is 2. The summed E-state index contributed by atoms with van der Waals surface area (Å²) >= 11 is 0. The normalized spacial score (nSPS) is 16.7. The van der Waals surface area contributed by atoms with E-state index in [4.69, 9.17) is 0 Å². The molecule has 0 radical (unpaired) electrons. The van der Waals surface area contributed by atoms with Crippen molar-refractivity contribution in [3.8, 4) is 0 Å². The van der Waals surface area contributed by atoms with Crippen molar-refractivity contribution in [2.75, 3.05) is 26.7 Å². The first-order chi connectivity index (χ1) is 10.2. The van der Waals surface area contributed by atoms with Crippen molar-refractivity contribution in [1.29, 1.82) is 0 Å². The molecule has 1 fully saturated rings. The number of nitrogens with zero attached hydrogens (tertiary/aromatic N) is 1. The van der Waals surface area contributed by atoms with Crippen molar-refractivity contribution in [3.05, 3.63) is 35.4 Å². The predicted molar refractivity (Wildman–Crippen MR) is 93.8 cm³/mol. The summed E-state index contributed by atoms with van der Waals surface area (Å²) in [6, 6.07) is 9.17. The molecule has 2 heteroatoms. The number of rotatable bonds is 5. The summed E-state index contributed by atoms with van der Waals surface area (Å²) in [5.74, 6) is 1.51. The Bertz CT molecular complexity index is 362. The molecule has 0 amide bonds. The second-order valence-electron chi connectivity index (χ2n) is 6.17. The highest BCUT2D eigenvalue weighted by Crippen LogP contribution is 2.20. The van der Waals surface area contributed by atoms with Gasteiger partial charge in [0.1, 0.15) is 0 Å². The highest BCUT2D eigenvalue weighted by atomic mass is 15.1. The second-order valence-corrected chi connectivity index (χ2v) is 6.17. The minimum atomic E-state index is 0.631. The van der Waals surface area contributed by atoms with E-state index in [9.17, 15) is 0 Å². The Morgan fingerprint density at radius 1 is 1.10 bits per heavy atom. The zero-order valence-electron chi connectivity index (χ0n) is 14.7. The van der Waals surface area contributed by atoms with Gasteiger partial charge in [0.15, 0.2) is 0 Å². The molecule has 0 spiro atoms. The van der Waals surface area contributed by atoms with Crippen LogP contribution in [0, 0.1) is 5.92 Å². The van der Waals surface area contributed by atoms with Gasteiger partial charge in [-0.1, -0.05) is 52.0 Å². The van der Waals surface area contributed by atoms with Crippen molar-refractivity contribution in [2.24, 2.45) is 5.92 Å². The average molecular weight is 290 g/mol. The Morgan fingerprint density at radius 3 is 2.14 bits per heavy atom. The number of likely N-dealkylation sites (tertiary alicyclic amines) is 1. The molecular formula is C19H34N2. The van der Waals surface area contributed by atoms with Gasteiger partial charge in [0.25, 0.3) is 0 Å². The van der Waals surface area contributed by atoms with Crippen LogP contribution in [0.25, 0.3) is 0 Å². The molecule has 1 heterocycles. The van der Waals surface area contributed by atoms with Crippen LogP contribution in [0.15, 0.2) is 24.3 Å². The summed E-state index contributed by atoms with van der Waals surface area (Å²) in [6.45, 7) is 13.3. The first-order valence-corrected chi connectivity index (χ1v) is 8.65. The monoisotopic (exact) mass is 290 g/mol. The predicted octanol–water partition coefficient (Wildman–Crippen LogP) is 4.27. The van der Waals surface area contributed by atoms with Crippen LogP contribution < -0.4 is 5.32 Å². The molecule has 0 unspecified atom stereocenters. The molecule has 0 saturated carbocycles. The van der Waals surface area contributed by atoms with Gasteiger partial charge < -0.3 is 5.32 Å². The molecule has 2 rings (SSSR count). The van der Waals surface area contributed by atoms with Gasteiger partial charge in [-0.15, -0.1) is 0 Å². The minimum Gasteiger partial charge on any atom is -0.319 e. The van der Waals surface area contributed by atoms with Gasteiger partial charge in [-0.2, -0.15) is 0 Å². The summed E-state index contributed by atoms with van der Waals surface area (Å²) in [7, 11) is 2.06. The molecule has 0 aliphatic carbocycles. The van der Waals surface area contributed by atoms with Crippen LogP contribution in [-0.4, -0.2) is 31.6 Å². The fourth-order valence-corrected chi connectivity index (χ4v) is 2.90. The highest BCUT2D eigenvalue weighted by Gasteiger charge is 2.18. The van der Waals surface area contributed by atoms with E-state index in [0.29, 0.717) is 5.92 Å². The number of benzene rings is 1. The SMILES string of the molecule is CC.CNCC1CCN(Cc2ccc(C(C)C)cc2)CC1. The lowest BCUT2D eigenvalue weighted by atomic mass is 9.96. The lowest BCUT2D eigenvalue weighted by Gasteiger charge is -2.31. The Kier molecular flexibility index (Phi) is 8.63. The summed E-state index contributed by atoms with van der Waals surface area (Å²) in [5, 5.41) is 3.30. The Hall–Kier alpha value is -0.860. The van der Waals surface area contributed by atoms with Crippen LogP contribution in [0.3, 0.4) is 0 Å². The van der Waals surface area contributed by atoms with E-state index in [-0.39, 0.29) is 0 Å². The average Bonchev–Trinajstić information content (AvgIpc) is 2.52. The number of piperidine rings is 1. The maximum atomic E-state index is 3.30. The molecule has 1 saturated heterocycles. The molecule has 21 heavy (non-hydrogen) atoms. The third kappa shape index (κ3) is 6.19. The summed E-state index contributed by atoms with van der Waals surface area (Å²) in [6.07, 6.45) is 2.68. The molecule has 2 nitrogen and oxygen atoms in total. The van der Waals surface area contributed by atoms with Gasteiger partial charge in [0.05, 0.1) is 0 Å². The fraction of sp³-hybridized carbons (Fsp3) is 0.684. The second kappa shape index (κ2) is 9.97. The molecule has 0 bridgehead atoms. The molecule has 120 valence electrons. The van der Waals surface area contributed by atoms with Crippen LogP contribution in [-0.2, 0) is 6.54 Å². The van der Waals surface area contributed by atoms with Crippen LogP contribution >= 0.6 is 0 Å². The van der Waals surface area contributed by atoms with Crippen molar-refractivity contribution < 1.29 is 0 Å². The standard InChI is InChI=1S/C17H28N2.C2H6/c1-14(2)17-6-4-16(5-7-17)13-19-10-8-15(9-11-19)12-18-3;1-2/h4-7,14-15,18H,8-13H2,1-3H3;1-2H3. The fourth-order valence-electron chi connectivity index (χ4n) is 2.90. The number of nitrogens with one attached hydrogen (secondary N) is 1. The van der Waals surface area contributed by atoms with Crippen molar-refractivity contribution in [3.63, 3.8) is 0 Å². The topological polar surface area (TPSA) is 15.3 Å². The third-order valence-corrected chi connectivity index (χ3v) is 4.25. The summed E-state index contributed by atoms with van der Waals surface area (Å²) in [4.78, 5) is 2.59. The maximum Gasteiger partial charge on any atom is 0.0233 e. The Labute approximate surface area is 131 Å². The summed E-state index contributed by atoms with van der Waals surface area (Å²) < 4.78 is 0. The Morgan fingerprint density at radius 2 is 1.67 bits per heavy atom. The van der Waals surface area contributed by atoms with E-state index in [0.717, 1.165) is 12.5 Å². The van der Waals surface area contributed by atoms with Crippen molar-refractivity contribution in [2.45, 2.75) is 53.0 Å². The van der Waals surface area contributed by atoms with Gasteiger partial charge in [0.2, 0.25) is 0 Å². The lowest BCUT2D eigenvalue weighted by Crippen LogP contribution is -2.36. The van der Waals surface area contributed by atoms with E-state index in [1.807, 2.05) is 13.8 Å². The van der Waals surface area contributed by atoms with Gasteiger partial charge in [-0.25, -0.2) is 0 Å². The molecule has 1 aromatic rings. The molecule has 0 atom stereocenters. The van der Waals surface area contributed by atoms with Crippen LogP contribution in [0.4, 0.5) is 0 Å². The number of hydrogen-bond donors (Lipinski definition) is 1. The van der Waals surface area contributed by atoms with Crippen LogP contribution in [0.5, 0.6) is 0 Å². The first-order valence-electron chi connectivity index (χ1n) is 8.65. The molecule has 1 N–H and O–H groups in total. The molecular weight excluding hydrogens is 256 g/mol. The molecule has 0 aromatic heterocycles. The zero-order chi connectivity index (χ0) is 15.7. The Balaban J connectivity index is 0.00000106. The third-order valence-electron chi connectivity index (χ3n) is 4.25. The molecule has 1 aliphatic heterocycles. The van der Waals surface area contributed by atoms with Crippen LogP contribution in [0.2, 0.25) is 0 Å². The zero-order valence-corrected chi connectivity index (χ0v) is 14.7. The highest BCUT2D eigenvalue weighted by molar-refractivity contribution is 5.24. The van der Waals surface area contributed by atoms with E-state index < -0.39 is 0 Å². The smallest absolute Gasteiger partial charge is 0.0233 e. The first kappa shape index (κ1) is 18.2. The molecule has 1 aromatic carbocycles. The van der Waals surface area contributed by atoms with E-state index in [1.54, 1.807) is 0 Å². The van der Waals surface area contributed by atoms with E-state index >= 15 is 0 Å². The van der Waals surface area contributed by atoms with Gasteiger partial charge in [-0.05, 0) is 62.5 Å². The minimum absolute atomic E-state index is 0.631. The van der Waals surface area contributed by atoms with Crippen molar-refractivity contribution in [1.82, 2.24) is 10.2 Å². The summed E-state index contributed by atoms with van der Waals surface area (Å²) in [5.41, 5.74) is 2.90. The lowest BCUT2D eigenvalue weighted by molar-refractivity contribution is 0.177. The van der Waals surface area contributed by atoms with Gasteiger partial charge >= 0.3 is 0 Å².